The molecule has 2 aromatic carbocycles. The summed E-state index contributed by atoms with van der Waals surface area (Å²) >= 11 is 0. The molecule has 0 amide bonds. The highest BCUT2D eigenvalue weighted by molar-refractivity contribution is 7.92. The maximum absolute atomic E-state index is 13.1. The summed E-state index contributed by atoms with van der Waals surface area (Å²) in [5, 5.41) is 6.34. The first-order valence-electron chi connectivity index (χ1n) is 9.98. The van der Waals surface area contributed by atoms with E-state index in [1.54, 1.807) is 43.5 Å². The van der Waals surface area contributed by atoms with Crippen LogP contribution in [0.5, 0.6) is 0 Å². The van der Waals surface area contributed by atoms with Crippen LogP contribution in [0, 0.1) is 19.7 Å². The number of rotatable bonds is 7. The van der Waals surface area contributed by atoms with Gasteiger partial charge in [0.25, 0.3) is 10.0 Å². The van der Waals surface area contributed by atoms with Crippen molar-refractivity contribution in [3.63, 3.8) is 0 Å². The molecule has 0 aliphatic rings. The molecule has 0 unspecified atom stereocenters. The number of nitrogens with one attached hydrogen (secondary N) is 3. The van der Waals surface area contributed by atoms with Crippen molar-refractivity contribution in [1.29, 1.82) is 0 Å². The SMILES string of the molecule is Cc1ccnc(Nc2cc(Nc3ccc(NS(=O)(=O)c4ccc(F)cc4)cc3)nc(C)n2)c1. The topological polar surface area (TPSA) is 109 Å². The van der Waals surface area contributed by atoms with Gasteiger partial charge in [-0.15, -0.1) is 0 Å². The maximum atomic E-state index is 13.1. The van der Waals surface area contributed by atoms with Gasteiger partial charge in [0.1, 0.15) is 29.1 Å². The zero-order valence-corrected chi connectivity index (χ0v) is 18.7. The van der Waals surface area contributed by atoms with Gasteiger partial charge in [0, 0.05) is 23.6 Å². The molecule has 4 rings (SSSR count). The number of benzene rings is 2. The van der Waals surface area contributed by atoms with Crippen LogP contribution in [0.15, 0.2) is 77.8 Å². The Morgan fingerprint density at radius 2 is 1.39 bits per heavy atom. The Hall–Kier alpha value is -4.05. The Labute approximate surface area is 191 Å². The quantitative estimate of drug-likeness (QED) is 0.356. The second kappa shape index (κ2) is 9.21. The number of aromatic nitrogens is 3. The Morgan fingerprint density at radius 3 is 2.06 bits per heavy atom. The highest BCUT2D eigenvalue weighted by Crippen LogP contribution is 2.23. The van der Waals surface area contributed by atoms with Crippen LogP contribution in [-0.2, 0) is 10.0 Å². The molecule has 10 heteroatoms. The lowest BCUT2D eigenvalue weighted by Gasteiger charge is -2.11. The lowest BCUT2D eigenvalue weighted by atomic mass is 10.3. The van der Waals surface area contributed by atoms with Gasteiger partial charge < -0.3 is 10.6 Å². The smallest absolute Gasteiger partial charge is 0.261 e. The van der Waals surface area contributed by atoms with Crippen molar-refractivity contribution in [2.75, 3.05) is 15.4 Å². The molecule has 2 heterocycles. The van der Waals surface area contributed by atoms with Crippen LogP contribution in [0.2, 0.25) is 0 Å². The summed E-state index contributed by atoms with van der Waals surface area (Å²) in [5.41, 5.74) is 2.15. The number of aryl methyl sites for hydroxylation is 2. The van der Waals surface area contributed by atoms with Crippen LogP contribution < -0.4 is 15.4 Å². The predicted molar refractivity (Wildman–Crippen MR) is 126 cm³/mol. The van der Waals surface area contributed by atoms with Crippen molar-refractivity contribution in [1.82, 2.24) is 15.0 Å². The zero-order valence-electron chi connectivity index (χ0n) is 17.9. The molecule has 0 spiro atoms. The number of nitrogens with zero attached hydrogens (tertiary/aromatic N) is 3. The normalized spacial score (nSPS) is 11.1. The summed E-state index contributed by atoms with van der Waals surface area (Å²) in [6, 6.07) is 16.9. The van der Waals surface area contributed by atoms with Crippen molar-refractivity contribution >= 4 is 38.9 Å². The van der Waals surface area contributed by atoms with E-state index in [0.717, 1.165) is 17.7 Å². The van der Waals surface area contributed by atoms with Gasteiger partial charge in [-0.25, -0.2) is 27.8 Å². The highest BCUT2D eigenvalue weighted by Gasteiger charge is 2.14. The second-order valence-electron chi connectivity index (χ2n) is 7.29. The van der Waals surface area contributed by atoms with Crippen LogP contribution in [0.1, 0.15) is 11.4 Å². The lowest BCUT2D eigenvalue weighted by Crippen LogP contribution is -2.12. The van der Waals surface area contributed by atoms with E-state index in [2.05, 4.69) is 30.3 Å². The minimum atomic E-state index is -3.82. The van der Waals surface area contributed by atoms with Crippen molar-refractivity contribution < 1.29 is 12.8 Å². The standard InChI is InChI=1S/C23H21FN6O2S/c1-15-11-12-25-21(13-15)29-23-14-22(26-16(2)27-23)28-18-5-7-19(8-6-18)30-33(31,32)20-9-3-17(24)4-10-20/h3-14,30H,1-2H3,(H2,25,26,27,28,29). The fraction of sp³-hybridized carbons (Fsp3) is 0.0870. The number of hydrogen-bond donors (Lipinski definition) is 3. The number of hydrogen-bond acceptors (Lipinski definition) is 7. The lowest BCUT2D eigenvalue weighted by molar-refractivity contribution is 0.599. The van der Waals surface area contributed by atoms with Gasteiger partial charge in [0.15, 0.2) is 0 Å². The molecule has 33 heavy (non-hydrogen) atoms. The van der Waals surface area contributed by atoms with Gasteiger partial charge in [-0.1, -0.05) is 0 Å². The summed E-state index contributed by atoms with van der Waals surface area (Å²) in [5.74, 6) is 1.90. The third kappa shape index (κ3) is 5.80. The maximum Gasteiger partial charge on any atom is 0.261 e. The van der Waals surface area contributed by atoms with Crippen molar-refractivity contribution in [2.24, 2.45) is 0 Å². The molecular weight excluding hydrogens is 443 g/mol. The molecule has 3 N–H and O–H groups in total. The van der Waals surface area contributed by atoms with Gasteiger partial charge >= 0.3 is 0 Å². The molecule has 4 aromatic rings. The van der Waals surface area contributed by atoms with Crippen molar-refractivity contribution in [3.05, 3.63) is 90.1 Å². The Kier molecular flexibility index (Phi) is 6.18. The van der Waals surface area contributed by atoms with E-state index in [1.165, 1.54) is 12.1 Å². The fourth-order valence-corrected chi connectivity index (χ4v) is 4.09. The van der Waals surface area contributed by atoms with Crippen molar-refractivity contribution in [2.45, 2.75) is 18.7 Å². The van der Waals surface area contributed by atoms with Gasteiger partial charge in [-0.2, -0.15) is 0 Å². The van der Waals surface area contributed by atoms with E-state index in [4.69, 9.17) is 0 Å². The van der Waals surface area contributed by atoms with Crippen LogP contribution in [0.4, 0.5) is 33.2 Å². The summed E-state index contributed by atoms with van der Waals surface area (Å²) in [4.78, 5) is 13.0. The third-order valence-corrected chi connectivity index (χ3v) is 5.94. The molecule has 0 saturated heterocycles. The first-order chi connectivity index (χ1) is 15.8. The zero-order chi connectivity index (χ0) is 23.4. The molecule has 0 saturated carbocycles. The van der Waals surface area contributed by atoms with E-state index >= 15 is 0 Å². The molecule has 0 aliphatic heterocycles. The van der Waals surface area contributed by atoms with Crippen molar-refractivity contribution in [3.8, 4) is 0 Å². The van der Waals surface area contributed by atoms with E-state index in [9.17, 15) is 12.8 Å². The monoisotopic (exact) mass is 464 g/mol. The molecule has 8 nitrogen and oxygen atoms in total. The Morgan fingerprint density at radius 1 is 0.758 bits per heavy atom. The molecule has 0 atom stereocenters. The average Bonchev–Trinajstić information content (AvgIpc) is 2.75. The predicted octanol–water partition coefficient (Wildman–Crippen LogP) is 4.92. The van der Waals surface area contributed by atoms with E-state index in [1.807, 2.05) is 19.1 Å². The summed E-state index contributed by atoms with van der Waals surface area (Å²) in [6.45, 7) is 3.77. The van der Waals surface area contributed by atoms with E-state index in [0.29, 0.717) is 34.7 Å². The first kappa shape index (κ1) is 22.2. The second-order valence-corrected chi connectivity index (χ2v) is 8.97. The average molecular weight is 465 g/mol. The molecule has 0 radical (unpaired) electrons. The number of pyridine rings is 1. The summed E-state index contributed by atoms with van der Waals surface area (Å²) < 4.78 is 40.4. The Bertz CT molecular complexity index is 1380. The van der Waals surface area contributed by atoms with Crippen LogP contribution in [0.25, 0.3) is 0 Å². The van der Waals surface area contributed by atoms with Gasteiger partial charge in [0.2, 0.25) is 0 Å². The minimum Gasteiger partial charge on any atom is -0.340 e. The van der Waals surface area contributed by atoms with E-state index in [-0.39, 0.29) is 4.90 Å². The molecular formula is C23H21FN6O2S. The fourth-order valence-electron chi connectivity index (χ4n) is 3.03. The first-order valence-corrected chi connectivity index (χ1v) is 11.5. The largest absolute Gasteiger partial charge is 0.340 e. The van der Waals surface area contributed by atoms with Gasteiger partial charge in [-0.05, 0) is 80.1 Å². The molecule has 0 aliphatic carbocycles. The molecule has 0 fully saturated rings. The third-order valence-electron chi connectivity index (χ3n) is 4.54. The van der Waals surface area contributed by atoms with Crippen LogP contribution >= 0.6 is 0 Å². The van der Waals surface area contributed by atoms with E-state index < -0.39 is 15.8 Å². The molecule has 2 aromatic heterocycles. The summed E-state index contributed by atoms with van der Waals surface area (Å²) in [6.07, 6.45) is 1.72. The number of halogens is 1. The minimum absolute atomic E-state index is 0.0225. The van der Waals surface area contributed by atoms with Crippen LogP contribution in [-0.4, -0.2) is 23.4 Å². The number of sulfonamides is 1. The van der Waals surface area contributed by atoms with Gasteiger partial charge in [0.05, 0.1) is 4.90 Å². The molecule has 0 bridgehead atoms. The number of anilines is 5. The molecule has 168 valence electrons. The highest BCUT2D eigenvalue weighted by atomic mass is 32.2. The van der Waals surface area contributed by atoms with Gasteiger partial charge in [-0.3, -0.25) is 4.72 Å². The van der Waals surface area contributed by atoms with Crippen LogP contribution in [0.3, 0.4) is 0 Å². The Balaban J connectivity index is 1.46. The summed E-state index contributed by atoms with van der Waals surface area (Å²) in [7, 11) is -3.82.